The quantitative estimate of drug-likeness (QED) is 0.575. The standard InChI is InChI=1S/C20H23N5O4/c1-10(2)21-20(28)29-13-5-3-11(7-13)16-9-17(25-24-16)22-12-4-6-14-15(8-12)19(27)23-18(14)26/h4,6,8-11,13H,3,5,7H2,1-2H3,(H,21,28)(H2,22,24,25)(H,23,26,27)/t11-,13+/m0/s1. The Bertz CT molecular complexity index is 968. The molecule has 152 valence electrons. The second-order valence-corrected chi connectivity index (χ2v) is 7.71. The molecule has 3 amide bonds. The molecule has 1 saturated carbocycles. The number of nitrogens with zero attached hydrogens (tertiary/aromatic N) is 1. The molecule has 0 radical (unpaired) electrons. The SMILES string of the molecule is CC(C)NC(=O)O[C@@H]1CC[C@H](c2cc(Nc3ccc4c(c3)C(=O)NC4=O)n[nH]2)C1. The van der Waals surface area contributed by atoms with Gasteiger partial charge in [-0.1, -0.05) is 0 Å². The molecule has 0 unspecified atom stereocenters. The third kappa shape index (κ3) is 4.08. The maximum Gasteiger partial charge on any atom is 0.407 e. The highest BCUT2D eigenvalue weighted by Gasteiger charge is 2.30. The summed E-state index contributed by atoms with van der Waals surface area (Å²) in [5.41, 5.74) is 2.37. The van der Waals surface area contributed by atoms with Gasteiger partial charge in [-0.3, -0.25) is 20.0 Å². The van der Waals surface area contributed by atoms with Crippen LogP contribution in [0.2, 0.25) is 0 Å². The second kappa shape index (κ2) is 7.57. The predicted molar refractivity (Wildman–Crippen MR) is 105 cm³/mol. The Hall–Kier alpha value is -3.36. The zero-order chi connectivity index (χ0) is 20.5. The number of amides is 3. The molecular weight excluding hydrogens is 374 g/mol. The number of aromatic amines is 1. The number of benzene rings is 1. The van der Waals surface area contributed by atoms with Crippen LogP contribution in [0, 0.1) is 0 Å². The number of ether oxygens (including phenoxy) is 1. The van der Waals surface area contributed by atoms with E-state index in [1.807, 2.05) is 19.9 Å². The Morgan fingerprint density at radius 2 is 1.97 bits per heavy atom. The summed E-state index contributed by atoms with van der Waals surface area (Å²) >= 11 is 0. The first-order valence-corrected chi connectivity index (χ1v) is 9.68. The van der Waals surface area contributed by atoms with Crippen molar-refractivity contribution in [1.82, 2.24) is 20.8 Å². The van der Waals surface area contributed by atoms with Gasteiger partial charge >= 0.3 is 6.09 Å². The van der Waals surface area contributed by atoms with Gasteiger partial charge in [-0.2, -0.15) is 5.10 Å². The first kappa shape index (κ1) is 19.0. The number of hydrogen-bond acceptors (Lipinski definition) is 6. The van der Waals surface area contributed by atoms with Crippen molar-refractivity contribution in [3.63, 3.8) is 0 Å². The first-order chi connectivity index (χ1) is 13.9. The van der Waals surface area contributed by atoms with Gasteiger partial charge in [0.1, 0.15) is 6.10 Å². The van der Waals surface area contributed by atoms with Gasteiger partial charge < -0.3 is 15.4 Å². The molecule has 1 aromatic heterocycles. The maximum absolute atomic E-state index is 11.8. The molecule has 0 spiro atoms. The fourth-order valence-corrected chi connectivity index (χ4v) is 3.75. The van der Waals surface area contributed by atoms with Crippen LogP contribution in [0.15, 0.2) is 24.3 Å². The van der Waals surface area contributed by atoms with Crippen LogP contribution in [0.4, 0.5) is 16.3 Å². The summed E-state index contributed by atoms with van der Waals surface area (Å²) < 4.78 is 5.47. The van der Waals surface area contributed by atoms with Gasteiger partial charge in [0.2, 0.25) is 0 Å². The van der Waals surface area contributed by atoms with Crippen LogP contribution in [-0.2, 0) is 4.74 Å². The van der Waals surface area contributed by atoms with E-state index in [2.05, 4.69) is 26.1 Å². The minimum absolute atomic E-state index is 0.0457. The molecule has 2 atom stereocenters. The van der Waals surface area contributed by atoms with Crippen LogP contribution in [0.5, 0.6) is 0 Å². The molecule has 9 nitrogen and oxygen atoms in total. The van der Waals surface area contributed by atoms with E-state index in [4.69, 9.17) is 4.74 Å². The Labute approximate surface area is 167 Å². The molecule has 2 aromatic rings. The summed E-state index contributed by atoms with van der Waals surface area (Å²) in [6.45, 7) is 3.78. The fourth-order valence-electron chi connectivity index (χ4n) is 3.75. The minimum Gasteiger partial charge on any atom is -0.446 e. The number of hydrogen-bond donors (Lipinski definition) is 4. The van der Waals surface area contributed by atoms with Crippen molar-refractivity contribution < 1.29 is 19.1 Å². The lowest BCUT2D eigenvalue weighted by atomic mass is 10.0. The fraction of sp³-hybridized carbons (Fsp3) is 0.400. The summed E-state index contributed by atoms with van der Waals surface area (Å²) in [7, 11) is 0. The topological polar surface area (TPSA) is 125 Å². The number of carbonyl (C=O) groups is 3. The molecule has 4 rings (SSSR count). The van der Waals surface area contributed by atoms with Crippen LogP contribution in [0.3, 0.4) is 0 Å². The summed E-state index contributed by atoms with van der Waals surface area (Å²) in [5, 5.41) is 15.5. The highest BCUT2D eigenvalue weighted by atomic mass is 16.6. The summed E-state index contributed by atoms with van der Waals surface area (Å²) in [5.74, 6) is 0.0819. The van der Waals surface area contributed by atoms with E-state index in [0.29, 0.717) is 22.6 Å². The Balaban J connectivity index is 1.37. The molecule has 1 aliphatic heterocycles. The highest BCUT2D eigenvalue weighted by Crippen LogP contribution is 2.36. The number of anilines is 2. The summed E-state index contributed by atoms with van der Waals surface area (Å²) in [6, 6.07) is 6.95. The van der Waals surface area contributed by atoms with Crippen LogP contribution in [0.1, 0.15) is 65.4 Å². The van der Waals surface area contributed by atoms with Crippen molar-refractivity contribution >= 4 is 29.4 Å². The van der Waals surface area contributed by atoms with Crippen molar-refractivity contribution in [2.75, 3.05) is 5.32 Å². The number of rotatable bonds is 5. The number of nitrogens with one attached hydrogen (secondary N) is 4. The zero-order valence-electron chi connectivity index (χ0n) is 16.2. The predicted octanol–water partition coefficient (Wildman–Crippen LogP) is 2.81. The van der Waals surface area contributed by atoms with E-state index in [-0.39, 0.29) is 30.1 Å². The van der Waals surface area contributed by atoms with Crippen molar-refractivity contribution in [3.05, 3.63) is 41.1 Å². The lowest BCUT2D eigenvalue weighted by Gasteiger charge is -2.14. The van der Waals surface area contributed by atoms with Gasteiger partial charge in [-0.25, -0.2) is 4.79 Å². The van der Waals surface area contributed by atoms with Crippen molar-refractivity contribution in [1.29, 1.82) is 0 Å². The lowest BCUT2D eigenvalue weighted by Crippen LogP contribution is -2.33. The Morgan fingerprint density at radius 3 is 2.76 bits per heavy atom. The largest absolute Gasteiger partial charge is 0.446 e. The van der Waals surface area contributed by atoms with Crippen molar-refractivity contribution in [2.24, 2.45) is 0 Å². The van der Waals surface area contributed by atoms with E-state index in [1.165, 1.54) is 0 Å². The zero-order valence-corrected chi connectivity index (χ0v) is 16.2. The smallest absolute Gasteiger partial charge is 0.407 e. The minimum atomic E-state index is -0.394. The van der Waals surface area contributed by atoms with Gasteiger partial charge in [-0.05, 0) is 51.3 Å². The molecule has 1 aliphatic carbocycles. The normalized spacial score (nSPS) is 20.5. The third-order valence-corrected chi connectivity index (χ3v) is 5.11. The van der Waals surface area contributed by atoms with Crippen molar-refractivity contribution in [2.45, 2.75) is 51.2 Å². The number of carbonyl (C=O) groups excluding carboxylic acids is 3. The van der Waals surface area contributed by atoms with Gasteiger partial charge in [-0.15, -0.1) is 0 Å². The van der Waals surface area contributed by atoms with Crippen molar-refractivity contribution in [3.8, 4) is 0 Å². The van der Waals surface area contributed by atoms with Gasteiger partial charge in [0.15, 0.2) is 5.82 Å². The van der Waals surface area contributed by atoms with Gasteiger partial charge in [0.05, 0.1) is 11.1 Å². The molecule has 4 N–H and O–H groups in total. The number of alkyl carbamates (subject to hydrolysis) is 1. The number of fused-ring (bicyclic) bond motifs is 1. The molecule has 9 heteroatoms. The van der Waals surface area contributed by atoms with E-state index in [1.54, 1.807) is 18.2 Å². The molecule has 1 fully saturated rings. The first-order valence-electron chi connectivity index (χ1n) is 9.68. The Morgan fingerprint density at radius 1 is 1.17 bits per heavy atom. The number of imide groups is 1. The van der Waals surface area contributed by atoms with E-state index in [9.17, 15) is 14.4 Å². The second-order valence-electron chi connectivity index (χ2n) is 7.71. The lowest BCUT2D eigenvalue weighted by molar-refractivity contribution is 0.0878. The third-order valence-electron chi connectivity index (χ3n) is 5.11. The Kier molecular flexibility index (Phi) is 4.96. The van der Waals surface area contributed by atoms with E-state index in [0.717, 1.165) is 25.0 Å². The summed E-state index contributed by atoms with van der Waals surface area (Å²) in [6.07, 6.45) is 1.98. The van der Waals surface area contributed by atoms with Gasteiger partial charge in [0, 0.05) is 29.4 Å². The highest BCUT2D eigenvalue weighted by molar-refractivity contribution is 6.21. The molecular formula is C20H23N5O4. The molecule has 2 heterocycles. The monoisotopic (exact) mass is 397 g/mol. The number of aromatic nitrogens is 2. The molecule has 1 aromatic carbocycles. The van der Waals surface area contributed by atoms with Gasteiger partial charge in [0.25, 0.3) is 11.8 Å². The van der Waals surface area contributed by atoms with E-state index >= 15 is 0 Å². The van der Waals surface area contributed by atoms with Crippen LogP contribution in [-0.4, -0.2) is 40.3 Å². The maximum atomic E-state index is 11.8. The van der Waals surface area contributed by atoms with Crippen LogP contribution >= 0.6 is 0 Å². The number of H-pyrrole nitrogens is 1. The molecule has 0 bridgehead atoms. The van der Waals surface area contributed by atoms with Crippen LogP contribution < -0.4 is 16.0 Å². The average Bonchev–Trinajstić information content (AvgIpc) is 3.35. The van der Waals surface area contributed by atoms with Crippen LogP contribution in [0.25, 0.3) is 0 Å². The summed E-state index contributed by atoms with van der Waals surface area (Å²) in [4.78, 5) is 35.2. The molecule has 2 aliphatic rings. The van der Waals surface area contributed by atoms with E-state index < -0.39 is 5.91 Å². The molecule has 0 saturated heterocycles. The average molecular weight is 397 g/mol. The molecule has 29 heavy (non-hydrogen) atoms.